The predicted octanol–water partition coefficient (Wildman–Crippen LogP) is 3.75. The van der Waals surface area contributed by atoms with Crippen molar-refractivity contribution in [3.63, 3.8) is 0 Å². The summed E-state index contributed by atoms with van der Waals surface area (Å²) in [4.78, 5) is 11.7. The molecule has 94 valence electrons. The Labute approximate surface area is 111 Å². The molecule has 2 nitrogen and oxygen atoms in total. The smallest absolute Gasteiger partial charge is 0.338 e. The van der Waals surface area contributed by atoms with E-state index in [1.807, 2.05) is 19.1 Å². The fourth-order valence-electron chi connectivity index (χ4n) is 1.77. The maximum absolute atomic E-state index is 11.7. The van der Waals surface area contributed by atoms with Gasteiger partial charge in [-0.1, -0.05) is 35.0 Å². The number of halogens is 1. The first-order chi connectivity index (χ1) is 8.22. The number of aryl methyl sites for hydroxylation is 2. The van der Waals surface area contributed by atoms with Crippen LogP contribution in [0.1, 0.15) is 41.8 Å². The first-order valence-corrected chi connectivity index (χ1v) is 7.20. The van der Waals surface area contributed by atoms with Crippen molar-refractivity contribution in [2.24, 2.45) is 0 Å². The van der Waals surface area contributed by atoms with Crippen LogP contribution in [0, 0.1) is 0 Å². The number of alkyl halides is 1. The van der Waals surface area contributed by atoms with Gasteiger partial charge in [-0.15, -0.1) is 0 Å². The van der Waals surface area contributed by atoms with Crippen molar-refractivity contribution in [2.75, 3.05) is 11.9 Å². The Balaban J connectivity index is 2.88. The highest BCUT2D eigenvalue weighted by molar-refractivity contribution is 9.09. The van der Waals surface area contributed by atoms with Crippen LogP contribution in [0.2, 0.25) is 0 Å². The van der Waals surface area contributed by atoms with Crippen molar-refractivity contribution >= 4 is 21.9 Å². The summed E-state index contributed by atoms with van der Waals surface area (Å²) >= 11 is 3.43. The topological polar surface area (TPSA) is 26.3 Å². The van der Waals surface area contributed by atoms with Crippen molar-refractivity contribution in [1.29, 1.82) is 0 Å². The second-order valence-corrected chi connectivity index (χ2v) is 4.65. The Bertz CT molecular complexity index is 374. The summed E-state index contributed by atoms with van der Waals surface area (Å²) in [6, 6.07) is 6.03. The molecule has 1 aromatic rings. The highest BCUT2D eigenvalue weighted by Gasteiger charge is 2.11. The van der Waals surface area contributed by atoms with Crippen LogP contribution >= 0.6 is 15.9 Å². The van der Waals surface area contributed by atoms with Crippen LogP contribution < -0.4 is 0 Å². The van der Waals surface area contributed by atoms with E-state index in [1.54, 1.807) is 0 Å². The van der Waals surface area contributed by atoms with Crippen LogP contribution in [-0.2, 0) is 17.6 Å². The molecule has 0 fully saturated rings. The van der Waals surface area contributed by atoms with E-state index in [9.17, 15) is 4.79 Å². The van der Waals surface area contributed by atoms with Crippen LogP contribution in [0.15, 0.2) is 18.2 Å². The first-order valence-electron chi connectivity index (χ1n) is 6.07. The molecule has 1 aromatic carbocycles. The number of hydrogen-bond donors (Lipinski definition) is 0. The lowest BCUT2D eigenvalue weighted by Crippen LogP contribution is -2.08. The lowest BCUT2D eigenvalue weighted by Gasteiger charge is -2.09. The van der Waals surface area contributed by atoms with E-state index < -0.39 is 0 Å². The highest BCUT2D eigenvalue weighted by atomic mass is 79.9. The minimum absolute atomic E-state index is 0.212. The molecule has 17 heavy (non-hydrogen) atoms. The van der Waals surface area contributed by atoms with Gasteiger partial charge in [0, 0.05) is 5.33 Å². The number of benzene rings is 1. The van der Waals surface area contributed by atoms with Gasteiger partial charge in [0.05, 0.1) is 12.2 Å². The maximum atomic E-state index is 11.7. The molecule has 0 spiro atoms. The molecule has 0 bridgehead atoms. The van der Waals surface area contributed by atoms with Gasteiger partial charge >= 0.3 is 5.97 Å². The molecule has 0 aliphatic carbocycles. The molecule has 0 radical (unpaired) electrons. The van der Waals surface area contributed by atoms with Gasteiger partial charge in [-0.05, 0) is 43.4 Å². The largest absolute Gasteiger partial charge is 0.462 e. The van der Waals surface area contributed by atoms with Crippen molar-refractivity contribution in [1.82, 2.24) is 0 Å². The maximum Gasteiger partial charge on any atom is 0.338 e. The Morgan fingerprint density at radius 2 is 2.12 bits per heavy atom. The Hall–Kier alpha value is -0.830. The van der Waals surface area contributed by atoms with E-state index in [-0.39, 0.29) is 5.97 Å². The van der Waals surface area contributed by atoms with Gasteiger partial charge in [-0.25, -0.2) is 4.79 Å². The van der Waals surface area contributed by atoms with Gasteiger partial charge in [-0.3, -0.25) is 0 Å². The molecular weight excluding hydrogens is 280 g/mol. The molecule has 0 N–H and O–H groups in total. The molecule has 0 saturated carbocycles. The summed E-state index contributed by atoms with van der Waals surface area (Å²) in [5.41, 5.74) is 3.07. The summed E-state index contributed by atoms with van der Waals surface area (Å²) in [5, 5.41) is 1.01. The zero-order valence-corrected chi connectivity index (χ0v) is 12.0. The minimum Gasteiger partial charge on any atom is -0.462 e. The summed E-state index contributed by atoms with van der Waals surface area (Å²) in [6.45, 7) is 4.31. The number of carbonyl (C=O) groups is 1. The molecule has 0 amide bonds. The highest BCUT2D eigenvalue weighted by Crippen LogP contribution is 2.16. The van der Waals surface area contributed by atoms with Gasteiger partial charge < -0.3 is 4.74 Å². The van der Waals surface area contributed by atoms with Crippen molar-refractivity contribution < 1.29 is 9.53 Å². The minimum atomic E-state index is -0.212. The molecule has 0 aromatic heterocycles. The van der Waals surface area contributed by atoms with Gasteiger partial charge in [-0.2, -0.15) is 0 Å². The van der Waals surface area contributed by atoms with E-state index in [0.29, 0.717) is 12.2 Å². The van der Waals surface area contributed by atoms with Gasteiger partial charge in [0.15, 0.2) is 0 Å². The van der Waals surface area contributed by atoms with E-state index >= 15 is 0 Å². The van der Waals surface area contributed by atoms with Crippen molar-refractivity contribution in [2.45, 2.75) is 33.1 Å². The monoisotopic (exact) mass is 298 g/mol. The quantitative estimate of drug-likeness (QED) is 0.590. The molecule has 0 aliphatic rings. The molecular formula is C14H19BrO2. The average Bonchev–Trinajstić information content (AvgIpc) is 2.36. The standard InChI is InChI=1S/C14H19BrO2/c1-3-12-10-11(6-5-9-15)7-8-13(12)14(16)17-4-2/h7-8,10H,3-6,9H2,1-2H3. The third-order valence-corrected chi connectivity index (χ3v) is 3.21. The normalized spacial score (nSPS) is 10.3. The molecule has 1 rings (SSSR count). The predicted molar refractivity (Wildman–Crippen MR) is 73.9 cm³/mol. The van der Waals surface area contributed by atoms with Crippen molar-refractivity contribution in [3.8, 4) is 0 Å². The van der Waals surface area contributed by atoms with E-state index in [0.717, 1.165) is 30.2 Å². The van der Waals surface area contributed by atoms with E-state index in [4.69, 9.17) is 4.74 Å². The van der Waals surface area contributed by atoms with Crippen LogP contribution in [0.25, 0.3) is 0 Å². The Morgan fingerprint density at radius 3 is 2.71 bits per heavy atom. The first kappa shape index (κ1) is 14.2. The van der Waals surface area contributed by atoms with Crippen LogP contribution in [0.3, 0.4) is 0 Å². The van der Waals surface area contributed by atoms with Gasteiger partial charge in [0.25, 0.3) is 0 Å². The molecule has 0 unspecified atom stereocenters. The number of carbonyl (C=O) groups excluding carboxylic acids is 1. The Kier molecular flexibility index (Phi) is 6.27. The number of esters is 1. The molecule has 0 atom stereocenters. The SMILES string of the molecule is CCOC(=O)c1ccc(CCCBr)cc1CC. The summed E-state index contributed by atoms with van der Waals surface area (Å²) in [7, 11) is 0. The van der Waals surface area contributed by atoms with Crippen LogP contribution in [0.4, 0.5) is 0 Å². The number of hydrogen-bond acceptors (Lipinski definition) is 2. The summed E-state index contributed by atoms with van der Waals surface area (Å²) in [6.07, 6.45) is 3.01. The molecule has 0 aliphatic heterocycles. The van der Waals surface area contributed by atoms with Crippen LogP contribution in [0.5, 0.6) is 0 Å². The van der Waals surface area contributed by atoms with Gasteiger partial charge in [0.2, 0.25) is 0 Å². The average molecular weight is 299 g/mol. The van der Waals surface area contributed by atoms with Crippen LogP contribution in [-0.4, -0.2) is 17.9 Å². The third-order valence-electron chi connectivity index (χ3n) is 2.64. The second-order valence-electron chi connectivity index (χ2n) is 3.86. The third kappa shape index (κ3) is 4.15. The Morgan fingerprint density at radius 1 is 1.35 bits per heavy atom. The summed E-state index contributed by atoms with van der Waals surface area (Å²) < 4.78 is 5.04. The number of rotatable bonds is 6. The van der Waals surface area contributed by atoms with Crippen molar-refractivity contribution in [3.05, 3.63) is 34.9 Å². The molecule has 0 heterocycles. The van der Waals surface area contributed by atoms with E-state index in [1.165, 1.54) is 5.56 Å². The van der Waals surface area contributed by atoms with Gasteiger partial charge in [0.1, 0.15) is 0 Å². The zero-order valence-electron chi connectivity index (χ0n) is 10.5. The lowest BCUT2D eigenvalue weighted by atomic mass is 10.00. The fourth-order valence-corrected chi connectivity index (χ4v) is 2.05. The summed E-state index contributed by atoms with van der Waals surface area (Å²) in [5.74, 6) is -0.212. The van der Waals surface area contributed by atoms with E-state index in [2.05, 4.69) is 28.9 Å². The number of ether oxygens (including phenoxy) is 1. The zero-order chi connectivity index (χ0) is 12.7. The second kappa shape index (κ2) is 7.49. The fraction of sp³-hybridized carbons (Fsp3) is 0.500. The lowest BCUT2D eigenvalue weighted by molar-refractivity contribution is 0.0525. The molecule has 3 heteroatoms. The molecule has 0 saturated heterocycles.